The number of aromatic amines is 1. The first-order chi connectivity index (χ1) is 4.72. The Kier molecular flexibility index (Phi) is 1.94. The van der Waals surface area contributed by atoms with E-state index in [9.17, 15) is 4.39 Å². The van der Waals surface area contributed by atoms with Gasteiger partial charge in [-0.2, -0.15) is 5.21 Å². The number of hydrogen-bond donors (Lipinski definition) is 1. The van der Waals surface area contributed by atoms with Gasteiger partial charge in [0.15, 0.2) is 6.17 Å². The predicted octanol–water partition coefficient (Wildman–Crippen LogP) is 0.866. The summed E-state index contributed by atoms with van der Waals surface area (Å²) in [5.74, 6) is 0.0348. The van der Waals surface area contributed by atoms with E-state index in [1.54, 1.807) is 13.8 Å². The Labute approximate surface area is 57.8 Å². The van der Waals surface area contributed by atoms with Crippen molar-refractivity contribution in [3.8, 4) is 0 Å². The summed E-state index contributed by atoms with van der Waals surface area (Å²) in [6.07, 6.45) is -1.11. The number of aromatic nitrogens is 4. The fourth-order valence-corrected chi connectivity index (χ4v) is 0.585. The minimum absolute atomic E-state index is 0.0994. The van der Waals surface area contributed by atoms with Crippen LogP contribution < -0.4 is 0 Å². The Morgan fingerprint density at radius 1 is 1.50 bits per heavy atom. The monoisotopic (exact) mass is 144 g/mol. The highest BCUT2D eigenvalue weighted by atomic mass is 19.1. The first-order valence-electron chi connectivity index (χ1n) is 3.09. The van der Waals surface area contributed by atoms with E-state index in [0.717, 1.165) is 0 Å². The number of alkyl halides is 1. The average Bonchev–Trinajstić information content (AvgIpc) is 2.36. The molecule has 0 spiro atoms. The Hall–Kier alpha value is -1.00. The van der Waals surface area contributed by atoms with Crippen LogP contribution in [-0.2, 0) is 0 Å². The average molecular weight is 144 g/mol. The van der Waals surface area contributed by atoms with Crippen molar-refractivity contribution < 1.29 is 4.39 Å². The molecule has 0 bridgehead atoms. The predicted molar refractivity (Wildman–Crippen MR) is 32.9 cm³/mol. The Morgan fingerprint density at radius 3 is 2.60 bits per heavy atom. The standard InChI is InChI=1S/C5H9FN4/c1-3(2)4(6)5-7-9-10-8-5/h3-4H,1-2H3,(H,7,8,9,10). The van der Waals surface area contributed by atoms with Crippen molar-refractivity contribution in [2.45, 2.75) is 20.0 Å². The van der Waals surface area contributed by atoms with E-state index in [0.29, 0.717) is 0 Å². The van der Waals surface area contributed by atoms with Crippen LogP contribution in [0.15, 0.2) is 0 Å². The molecule has 0 aliphatic rings. The number of nitrogens with one attached hydrogen (secondary N) is 1. The van der Waals surface area contributed by atoms with Crippen LogP contribution in [0.2, 0.25) is 0 Å². The molecule has 0 saturated carbocycles. The van der Waals surface area contributed by atoms with Gasteiger partial charge in [-0.25, -0.2) is 4.39 Å². The summed E-state index contributed by atoms with van der Waals surface area (Å²) in [7, 11) is 0. The second kappa shape index (κ2) is 2.72. The van der Waals surface area contributed by atoms with Gasteiger partial charge in [0, 0.05) is 0 Å². The lowest BCUT2D eigenvalue weighted by molar-refractivity contribution is 0.248. The normalized spacial score (nSPS) is 14.0. The van der Waals surface area contributed by atoms with Gasteiger partial charge in [0.1, 0.15) is 0 Å². The molecule has 0 aliphatic heterocycles. The first kappa shape index (κ1) is 7.11. The van der Waals surface area contributed by atoms with Crippen LogP contribution >= 0.6 is 0 Å². The maximum absolute atomic E-state index is 12.9. The van der Waals surface area contributed by atoms with Gasteiger partial charge in [0.2, 0.25) is 5.82 Å². The fraction of sp³-hybridized carbons (Fsp3) is 0.800. The second-order valence-corrected chi connectivity index (χ2v) is 2.42. The summed E-state index contributed by atoms with van der Waals surface area (Å²) >= 11 is 0. The molecule has 1 aromatic heterocycles. The molecule has 56 valence electrons. The molecule has 0 amide bonds. The lowest BCUT2D eigenvalue weighted by Gasteiger charge is -2.04. The third kappa shape index (κ3) is 1.29. The van der Waals surface area contributed by atoms with E-state index in [1.165, 1.54) is 0 Å². The molecule has 4 nitrogen and oxygen atoms in total. The summed E-state index contributed by atoms with van der Waals surface area (Å²) in [6, 6.07) is 0. The number of halogens is 1. The Bertz CT molecular complexity index is 184. The van der Waals surface area contributed by atoms with Gasteiger partial charge in [0.25, 0.3) is 0 Å². The molecule has 10 heavy (non-hydrogen) atoms. The van der Waals surface area contributed by atoms with Gasteiger partial charge in [-0.05, 0) is 5.92 Å². The van der Waals surface area contributed by atoms with Crippen LogP contribution in [0.25, 0.3) is 0 Å². The second-order valence-electron chi connectivity index (χ2n) is 2.42. The van der Waals surface area contributed by atoms with Crippen LogP contribution in [0.5, 0.6) is 0 Å². The maximum Gasteiger partial charge on any atom is 0.208 e. The van der Waals surface area contributed by atoms with Crippen LogP contribution in [-0.4, -0.2) is 20.6 Å². The molecule has 0 radical (unpaired) electrons. The molecule has 1 rings (SSSR count). The van der Waals surface area contributed by atoms with Gasteiger partial charge >= 0.3 is 0 Å². The van der Waals surface area contributed by atoms with E-state index < -0.39 is 6.17 Å². The lowest BCUT2D eigenvalue weighted by atomic mass is 10.1. The van der Waals surface area contributed by atoms with E-state index in [2.05, 4.69) is 20.6 Å². The SMILES string of the molecule is CC(C)C(F)c1nn[nH]n1. The zero-order valence-electron chi connectivity index (χ0n) is 5.87. The van der Waals surface area contributed by atoms with Gasteiger partial charge in [-0.1, -0.05) is 19.1 Å². The number of tetrazole rings is 1. The maximum atomic E-state index is 12.9. The van der Waals surface area contributed by atoms with Crippen molar-refractivity contribution in [2.75, 3.05) is 0 Å². The highest BCUT2D eigenvalue weighted by Crippen LogP contribution is 2.20. The third-order valence-corrected chi connectivity index (χ3v) is 1.19. The highest BCUT2D eigenvalue weighted by Gasteiger charge is 2.17. The van der Waals surface area contributed by atoms with Gasteiger partial charge in [-0.3, -0.25) is 0 Å². The highest BCUT2D eigenvalue weighted by molar-refractivity contribution is 4.84. The Morgan fingerprint density at radius 2 is 2.20 bits per heavy atom. The molecule has 1 N–H and O–H groups in total. The van der Waals surface area contributed by atoms with Crippen molar-refractivity contribution >= 4 is 0 Å². The third-order valence-electron chi connectivity index (χ3n) is 1.19. The molecule has 1 unspecified atom stereocenters. The molecule has 1 atom stereocenters. The van der Waals surface area contributed by atoms with Crippen molar-refractivity contribution in [3.63, 3.8) is 0 Å². The van der Waals surface area contributed by atoms with E-state index in [1.807, 2.05) is 0 Å². The van der Waals surface area contributed by atoms with Gasteiger partial charge in [-0.15, -0.1) is 10.2 Å². The topological polar surface area (TPSA) is 54.5 Å². The van der Waals surface area contributed by atoms with Crippen LogP contribution in [0.1, 0.15) is 25.8 Å². The number of nitrogens with zero attached hydrogens (tertiary/aromatic N) is 3. The molecular weight excluding hydrogens is 135 g/mol. The molecule has 5 heteroatoms. The number of rotatable bonds is 2. The zero-order chi connectivity index (χ0) is 7.56. The zero-order valence-corrected chi connectivity index (χ0v) is 5.87. The van der Waals surface area contributed by atoms with Crippen molar-refractivity contribution in [2.24, 2.45) is 5.92 Å². The van der Waals surface area contributed by atoms with E-state index >= 15 is 0 Å². The number of H-pyrrole nitrogens is 1. The molecular formula is C5H9FN4. The minimum Gasteiger partial charge on any atom is -0.238 e. The summed E-state index contributed by atoms with van der Waals surface area (Å²) < 4.78 is 12.9. The quantitative estimate of drug-likeness (QED) is 0.669. The van der Waals surface area contributed by atoms with Gasteiger partial charge in [0.05, 0.1) is 0 Å². The molecule has 0 fully saturated rings. The summed E-state index contributed by atoms with van der Waals surface area (Å²) in [5.41, 5.74) is 0. The van der Waals surface area contributed by atoms with Crippen LogP contribution in [0.4, 0.5) is 4.39 Å². The summed E-state index contributed by atoms with van der Waals surface area (Å²) in [6.45, 7) is 3.53. The van der Waals surface area contributed by atoms with Crippen molar-refractivity contribution in [3.05, 3.63) is 5.82 Å². The Balaban J connectivity index is 2.68. The molecule has 1 aromatic rings. The largest absolute Gasteiger partial charge is 0.238 e. The van der Waals surface area contributed by atoms with Gasteiger partial charge < -0.3 is 0 Å². The van der Waals surface area contributed by atoms with E-state index in [4.69, 9.17) is 0 Å². The molecule has 0 aliphatic carbocycles. The summed E-state index contributed by atoms with van der Waals surface area (Å²) in [5, 5.41) is 12.5. The smallest absolute Gasteiger partial charge is 0.208 e. The van der Waals surface area contributed by atoms with Crippen molar-refractivity contribution in [1.82, 2.24) is 20.6 Å². The fourth-order valence-electron chi connectivity index (χ4n) is 0.585. The molecule has 0 aromatic carbocycles. The molecule has 0 saturated heterocycles. The van der Waals surface area contributed by atoms with Crippen LogP contribution in [0.3, 0.4) is 0 Å². The first-order valence-corrected chi connectivity index (χ1v) is 3.09. The lowest BCUT2D eigenvalue weighted by Crippen LogP contribution is -2.02. The van der Waals surface area contributed by atoms with Crippen LogP contribution in [0, 0.1) is 5.92 Å². The van der Waals surface area contributed by atoms with E-state index in [-0.39, 0.29) is 11.7 Å². The molecule has 1 heterocycles. The van der Waals surface area contributed by atoms with Crippen molar-refractivity contribution in [1.29, 1.82) is 0 Å². The summed E-state index contributed by atoms with van der Waals surface area (Å²) in [4.78, 5) is 0. The number of hydrogen-bond acceptors (Lipinski definition) is 3. The minimum atomic E-state index is -1.11.